The van der Waals surface area contributed by atoms with Gasteiger partial charge in [0.2, 0.25) is 0 Å². The van der Waals surface area contributed by atoms with Crippen molar-refractivity contribution in [3.8, 4) is 0 Å². The van der Waals surface area contributed by atoms with Crippen molar-refractivity contribution in [3.63, 3.8) is 0 Å². The quantitative estimate of drug-likeness (QED) is 0.399. The van der Waals surface area contributed by atoms with Crippen molar-refractivity contribution >= 4 is 10.1 Å². The van der Waals surface area contributed by atoms with Gasteiger partial charge in [0.1, 0.15) is 0 Å². The molecule has 0 unspecified atom stereocenters. The number of rotatable bonds is 1. The normalized spacial score (nSPS) is 10.3. The molecule has 1 aromatic rings. The fourth-order valence-corrected chi connectivity index (χ4v) is 0.944. The van der Waals surface area contributed by atoms with Crippen LogP contribution in [0.2, 0.25) is 0 Å². The molecule has 1 N–H and O–H groups in total. The number of nitrogens with zero attached hydrogens (tertiary/aromatic N) is 1. The van der Waals surface area contributed by atoms with Crippen LogP contribution in [-0.4, -0.2) is 18.0 Å². The summed E-state index contributed by atoms with van der Waals surface area (Å²) < 4.78 is 29.1. The number of aromatic nitrogens is 1. The zero-order valence-corrected chi connectivity index (χ0v) is 9.87. The largest absolute Gasteiger partial charge is 1.00 e. The van der Waals surface area contributed by atoms with Crippen molar-refractivity contribution in [1.82, 2.24) is 4.98 Å². The number of hydrogen-bond donors (Lipinski definition) is 1. The Balaban J connectivity index is 0. The maximum Gasteiger partial charge on any atom is 1.00 e. The summed E-state index contributed by atoms with van der Waals surface area (Å²) in [6.45, 7) is 0. The van der Waals surface area contributed by atoms with Crippen LogP contribution in [-0.2, 0) is 10.1 Å². The zero-order valence-electron chi connectivity index (χ0n) is 6.93. The van der Waals surface area contributed by atoms with E-state index in [9.17, 15) is 8.42 Å². The molecule has 1 heterocycles. The third kappa shape index (κ3) is 3.75. The molecular formula is C5H6KNO3S. The van der Waals surface area contributed by atoms with E-state index >= 15 is 0 Å². The van der Waals surface area contributed by atoms with Crippen LogP contribution in [0.4, 0.5) is 0 Å². The molecule has 0 saturated heterocycles. The Labute approximate surface area is 109 Å². The maximum absolute atomic E-state index is 10.3. The maximum atomic E-state index is 10.3. The van der Waals surface area contributed by atoms with Gasteiger partial charge in [-0.25, -0.2) is 4.98 Å². The Morgan fingerprint density at radius 1 is 1.45 bits per heavy atom. The summed E-state index contributed by atoms with van der Waals surface area (Å²) >= 11 is 0. The van der Waals surface area contributed by atoms with E-state index in [1.165, 1.54) is 18.3 Å². The smallest absolute Gasteiger partial charge is 1.00 e. The molecule has 0 atom stereocenters. The first-order valence-electron chi connectivity index (χ1n) is 2.49. The van der Waals surface area contributed by atoms with E-state index < -0.39 is 10.1 Å². The van der Waals surface area contributed by atoms with E-state index in [0.717, 1.165) is 0 Å². The van der Waals surface area contributed by atoms with Gasteiger partial charge in [0.05, 0.1) is 0 Å². The SMILES string of the molecule is O=S(=O)(O)c1ccccn1.[H-].[K+]. The molecule has 6 heteroatoms. The summed E-state index contributed by atoms with van der Waals surface area (Å²) in [6, 6.07) is 4.26. The molecule has 0 aliphatic carbocycles. The molecular weight excluding hydrogens is 193 g/mol. The van der Waals surface area contributed by atoms with E-state index in [4.69, 9.17) is 4.55 Å². The summed E-state index contributed by atoms with van der Waals surface area (Å²) in [4.78, 5) is 3.41. The van der Waals surface area contributed by atoms with E-state index in [1.54, 1.807) is 6.07 Å². The zero-order chi connectivity index (χ0) is 7.61. The predicted molar refractivity (Wildman–Crippen MR) is 35.2 cm³/mol. The third-order valence-electron chi connectivity index (χ3n) is 0.902. The van der Waals surface area contributed by atoms with E-state index in [-0.39, 0.29) is 57.8 Å². The van der Waals surface area contributed by atoms with Crippen molar-refractivity contribution in [2.75, 3.05) is 0 Å². The molecule has 1 rings (SSSR count). The second-order valence-corrected chi connectivity index (χ2v) is 3.01. The second-order valence-electron chi connectivity index (χ2n) is 1.64. The first-order chi connectivity index (χ1) is 4.61. The Bertz CT molecular complexity index is 315. The van der Waals surface area contributed by atoms with Crippen LogP contribution >= 0.6 is 0 Å². The average Bonchev–Trinajstić information content (AvgIpc) is 1.88. The Morgan fingerprint density at radius 3 is 2.36 bits per heavy atom. The molecule has 0 fully saturated rings. The minimum Gasteiger partial charge on any atom is -1.00 e. The standard InChI is InChI=1S/C5H5NO3S.K.H/c7-10(8,9)5-3-1-2-4-6-5;;/h1-4H,(H,7,8,9);;/q;+1;-1. The van der Waals surface area contributed by atoms with Crippen molar-refractivity contribution < 1.29 is 65.8 Å². The van der Waals surface area contributed by atoms with Gasteiger partial charge < -0.3 is 1.43 Å². The molecule has 11 heavy (non-hydrogen) atoms. The summed E-state index contributed by atoms with van der Waals surface area (Å²) in [6.07, 6.45) is 1.29. The van der Waals surface area contributed by atoms with E-state index in [2.05, 4.69) is 4.98 Å². The predicted octanol–water partition coefficient (Wildman–Crippen LogP) is -2.56. The minimum atomic E-state index is -4.11. The Hall–Kier alpha value is 0.696. The van der Waals surface area contributed by atoms with Gasteiger partial charge in [-0.05, 0) is 12.1 Å². The van der Waals surface area contributed by atoms with Crippen LogP contribution in [0.3, 0.4) is 0 Å². The molecule has 0 spiro atoms. The number of hydrogen-bond acceptors (Lipinski definition) is 3. The van der Waals surface area contributed by atoms with Crippen LogP contribution < -0.4 is 51.4 Å². The van der Waals surface area contributed by atoms with Crippen molar-refractivity contribution in [2.45, 2.75) is 5.03 Å². The molecule has 0 aliphatic rings. The molecule has 56 valence electrons. The number of pyridine rings is 1. The van der Waals surface area contributed by atoms with Crippen molar-refractivity contribution in [1.29, 1.82) is 0 Å². The summed E-state index contributed by atoms with van der Waals surface area (Å²) in [5.41, 5.74) is 0. The van der Waals surface area contributed by atoms with Crippen molar-refractivity contribution in [2.24, 2.45) is 0 Å². The topological polar surface area (TPSA) is 67.3 Å². The minimum absolute atomic E-state index is 0. The van der Waals surface area contributed by atoms with Gasteiger partial charge >= 0.3 is 61.5 Å². The van der Waals surface area contributed by atoms with E-state index in [1.807, 2.05) is 0 Å². The van der Waals surface area contributed by atoms with Crippen LogP contribution in [0.1, 0.15) is 1.43 Å². The van der Waals surface area contributed by atoms with Gasteiger partial charge in [-0.3, -0.25) is 4.55 Å². The molecule has 4 nitrogen and oxygen atoms in total. The van der Waals surface area contributed by atoms with Gasteiger partial charge in [0.15, 0.2) is 5.03 Å². The first-order valence-corrected chi connectivity index (χ1v) is 3.93. The fraction of sp³-hybridized carbons (Fsp3) is 0. The monoisotopic (exact) mass is 199 g/mol. The van der Waals surface area contributed by atoms with Gasteiger partial charge in [-0.2, -0.15) is 8.42 Å². The first kappa shape index (κ1) is 11.7. The van der Waals surface area contributed by atoms with Crippen LogP contribution in [0, 0.1) is 0 Å². The second kappa shape index (κ2) is 4.66. The molecule has 0 aromatic carbocycles. The van der Waals surface area contributed by atoms with Crippen LogP contribution in [0.15, 0.2) is 29.4 Å². The van der Waals surface area contributed by atoms with Gasteiger partial charge in [-0.1, -0.05) is 6.07 Å². The third-order valence-corrected chi connectivity index (χ3v) is 1.67. The Kier molecular flexibility index (Phi) is 4.95. The fourth-order valence-electron chi connectivity index (χ4n) is 0.500. The van der Waals surface area contributed by atoms with E-state index in [0.29, 0.717) is 0 Å². The van der Waals surface area contributed by atoms with Gasteiger partial charge in [-0.15, -0.1) is 0 Å². The molecule has 0 aliphatic heterocycles. The molecule has 0 amide bonds. The summed E-state index contributed by atoms with van der Waals surface area (Å²) in [7, 11) is -4.11. The van der Waals surface area contributed by atoms with Crippen molar-refractivity contribution in [3.05, 3.63) is 24.4 Å². The average molecular weight is 199 g/mol. The molecule has 0 bridgehead atoms. The van der Waals surface area contributed by atoms with Gasteiger partial charge in [0.25, 0.3) is 0 Å². The Morgan fingerprint density at radius 2 is 2.09 bits per heavy atom. The molecule has 1 aromatic heterocycles. The molecule has 0 saturated carbocycles. The van der Waals surface area contributed by atoms with Crippen LogP contribution in [0.25, 0.3) is 0 Å². The summed E-state index contributed by atoms with van der Waals surface area (Å²) in [5.74, 6) is 0. The van der Waals surface area contributed by atoms with Gasteiger partial charge in [0, 0.05) is 6.20 Å². The summed E-state index contributed by atoms with van der Waals surface area (Å²) in [5, 5.41) is -0.324. The van der Waals surface area contributed by atoms with Crippen LogP contribution in [0.5, 0.6) is 0 Å². The molecule has 0 radical (unpaired) electrons.